The van der Waals surface area contributed by atoms with Crippen molar-refractivity contribution in [3.8, 4) is 0 Å². The van der Waals surface area contributed by atoms with Gasteiger partial charge in [0.25, 0.3) is 0 Å². The molecule has 1 aliphatic carbocycles. The summed E-state index contributed by atoms with van der Waals surface area (Å²) in [6, 6.07) is 0. The van der Waals surface area contributed by atoms with E-state index in [0.717, 1.165) is 0 Å². The number of hydrogen-bond acceptors (Lipinski definition) is 1. The molecule has 1 atom stereocenters. The molecule has 0 aromatic carbocycles. The van der Waals surface area contributed by atoms with Gasteiger partial charge in [0.15, 0.2) is 0 Å². The van der Waals surface area contributed by atoms with Crippen LogP contribution in [0.3, 0.4) is 0 Å². The standard InChI is InChI=1S/C10H19NOS/c1-10(2,3)13(12)11-8-9-6-4-5-7-9/h8-9H,4-7H2,1-3H3/t13-/m0/s1. The Hall–Kier alpha value is -0.180. The molecule has 0 radical (unpaired) electrons. The van der Waals surface area contributed by atoms with Crippen LogP contribution in [0.25, 0.3) is 0 Å². The van der Waals surface area contributed by atoms with E-state index in [4.69, 9.17) is 0 Å². The highest BCUT2D eigenvalue weighted by atomic mass is 32.2. The Kier molecular flexibility index (Phi) is 3.65. The predicted molar refractivity (Wildman–Crippen MR) is 58.3 cm³/mol. The molecule has 0 heterocycles. The maximum atomic E-state index is 11.5. The molecule has 1 aliphatic rings. The van der Waals surface area contributed by atoms with Gasteiger partial charge in [-0.25, -0.2) is 4.21 Å². The Labute approximate surface area is 83.4 Å². The second-order valence-corrected chi connectivity index (χ2v) is 6.59. The van der Waals surface area contributed by atoms with E-state index in [1.807, 2.05) is 27.0 Å². The van der Waals surface area contributed by atoms with Crippen LogP contribution in [0, 0.1) is 5.92 Å². The lowest BCUT2D eigenvalue weighted by molar-refractivity contribution is 0.650. The van der Waals surface area contributed by atoms with Crippen LogP contribution in [0.2, 0.25) is 0 Å². The molecule has 1 rings (SSSR count). The van der Waals surface area contributed by atoms with Crippen molar-refractivity contribution >= 4 is 17.2 Å². The average Bonchev–Trinajstić information content (AvgIpc) is 2.50. The van der Waals surface area contributed by atoms with Crippen molar-refractivity contribution in [1.82, 2.24) is 0 Å². The Bertz CT molecular complexity index is 211. The lowest BCUT2D eigenvalue weighted by Crippen LogP contribution is -2.20. The van der Waals surface area contributed by atoms with E-state index in [0.29, 0.717) is 5.92 Å². The topological polar surface area (TPSA) is 29.4 Å². The minimum absolute atomic E-state index is 0.213. The smallest absolute Gasteiger partial charge is 0.144 e. The van der Waals surface area contributed by atoms with Crippen LogP contribution in [0.1, 0.15) is 46.5 Å². The van der Waals surface area contributed by atoms with Crippen LogP contribution in [-0.2, 0) is 11.0 Å². The molecule has 0 bridgehead atoms. The Morgan fingerprint density at radius 2 is 1.85 bits per heavy atom. The van der Waals surface area contributed by atoms with E-state index in [9.17, 15) is 4.21 Å². The molecule has 0 amide bonds. The molecule has 3 heteroatoms. The Morgan fingerprint density at radius 1 is 1.31 bits per heavy atom. The molecular weight excluding hydrogens is 182 g/mol. The van der Waals surface area contributed by atoms with Crippen LogP contribution in [0.15, 0.2) is 4.40 Å². The first kappa shape index (κ1) is 10.9. The lowest BCUT2D eigenvalue weighted by atomic mass is 10.1. The van der Waals surface area contributed by atoms with Crippen molar-refractivity contribution in [1.29, 1.82) is 0 Å². The summed E-state index contributed by atoms with van der Waals surface area (Å²) in [6.45, 7) is 5.86. The number of nitrogens with zero attached hydrogens (tertiary/aromatic N) is 1. The Morgan fingerprint density at radius 3 is 2.31 bits per heavy atom. The molecule has 0 aromatic rings. The molecule has 0 saturated heterocycles. The molecule has 13 heavy (non-hydrogen) atoms. The lowest BCUT2D eigenvalue weighted by Gasteiger charge is -2.13. The van der Waals surface area contributed by atoms with Gasteiger partial charge in [-0.1, -0.05) is 12.8 Å². The highest BCUT2D eigenvalue weighted by Gasteiger charge is 2.19. The highest BCUT2D eigenvalue weighted by molar-refractivity contribution is 7.85. The third-order valence-corrected chi connectivity index (χ3v) is 3.65. The average molecular weight is 201 g/mol. The molecule has 0 aromatic heterocycles. The van der Waals surface area contributed by atoms with Crippen LogP contribution in [0.5, 0.6) is 0 Å². The second kappa shape index (κ2) is 4.36. The fourth-order valence-corrected chi connectivity index (χ4v) is 2.00. The van der Waals surface area contributed by atoms with E-state index >= 15 is 0 Å². The van der Waals surface area contributed by atoms with Gasteiger partial charge in [-0.05, 0) is 39.5 Å². The van der Waals surface area contributed by atoms with Gasteiger partial charge in [-0.3, -0.25) is 0 Å². The first-order chi connectivity index (χ1) is 6.00. The van der Waals surface area contributed by atoms with Crippen molar-refractivity contribution in [2.75, 3.05) is 0 Å². The van der Waals surface area contributed by atoms with Gasteiger partial charge >= 0.3 is 0 Å². The normalized spacial score (nSPS) is 22.7. The maximum absolute atomic E-state index is 11.5. The molecule has 2 nitrogen and oxygen atoms in total. The third kappa shape index (κ3) is 3.59. The van der Waals surface area contributed by atoms with Crippen LogP contribution < -0.4 is 0 Å². The summed E-state index contributed by atoms with van der Waals surface area (Å²) in [7, 11) is -1.06. The molecule has 1 fully saturated rings. The van der Waals surface area contributed by atoms with E-state index < -0.39 is 11.0 Å². The molecule has 1 saturated carbocycles. The summed E-state index contributed by atoms with van der Waals surface area (Å²) < 4.78 is 15.4. The second-order valence-electron chi connectivity index (χ2n) is 4.66. The first-order valence-electron chi connectivity index (χ1n) is 4.96. The van der Waals surface area contributed by atoms with Crippen LogP contribution >= 0.6 is 0 Å². The van der Waals surface area contributed by atoms with Crippen molar-refractivity contribution < 1.29 is 4.21 Å². The molecule has 0 spiro atoms. The zero-order valence-electron chi connectivity index (χ0n) is 8.75. The quantitative estimate of drug-likeness (QED) is 0.632. The molecular formula is C10H19NOS. The largest absolute Gasteiger partial charge is 0.234 e. The minimum atomic E-state index is -1.06. The van der Waals surface area contributed by atoms with Crippen LogP contribution in [0.4, 0.5) is 0 Å². The predicted octanol–water partition coefficient (Wildman–Crippen LogP) is 2.71. The zero-order chi connectivity index (χ0) is 9.90. The van der Waals surface area contributed by atoms with Crippen molar-refractivity contribution in [2.45, 2.75) is 51.2 Å². The summed E-state index contributed by atoms with van der Waals surface area (Å²) in [5.41, 5.74) is 0. The molecule has 76 valence electrons. The molecule has 0 N–H and O–H groups in total. The van der Waals surface area contributed by atoms with E-state index in [2.05, 4.69) is 4.40 Å². The third-order valence-electron chi connectivity index (χ3n) is 2.29. The van der Waals surface area contributed by atoms with E-state index in [1.165, 1.54) is 25.7 Å². The van der Waals surface area contributed by atoms with Gasteiger partial charge in [0.1, 0.15) is 11.0 Å². The van der Waals surface area contributed by atoms with Crippen molar-refractivity contribution in [2.24, 2.45) is 10.3 Å². The molecule has 0 unspecified atom stereocenters. The SMILES string of the molecule is CC(C)(C)[S@](=O)N=CC1CCCC1. The summed E-state index contributed by atoms with van der Waals surface area (Å²) >= 11 is 0. The van der Waals surface area contributed by atoms with Gasteiger partial charge in [0, 0.05) is 6.21 Å². The van der Waals surface area contributed by atoms with Gasteiger partial charge in [0.05, 0.1) is 4.75 Å². The summed E-state index contributed by atoms with van der Waals surface area (Å²) in [4.78, 5) is 0. The van der Waals surface area contributed by atoms with Gasteiger partial charge in [-0.2, -0.15) is 4.40 Å². The monoisotopic (exact) mass is 201 g/mol. The maximum Gasteiger partial charge on any atom is 0.144 e. The summed E-state index contributed by atoms with van der Waals surface area (Å²) in [6.07, 6.45) is 6.97. The van der Waals surface area contributed by atoms with Crippen LogP contribution in [-0.4, -0.2) is 15.2 Å². The van der Waals surface area contributed by atoms with E-state index in [-0.39, 0.29) is 4.75 Å². The van der Waals surface area contributed by atoms with E-state index in [1.54, 1.807) is 0 Å². The zero-order valence-corrected chi connectivity index (χ0v) is 9.56. The summed E-state index contributed by atoms with van der Waals surface area (Å²) in [5.74, 6) is 0.589. The number of hydrogen-bond donors (Lipinski definition) is 0. The Balaban J connectivity index is 2.43. The van der Waals surface area contributed by atoms with Gasteiger partial charge in [0.2, 0.25) is 0 Å². The first-order valence-corrected chi connectivity index (χ1v) is 6.07. The minimum Gasteiger partial charge on any atom is -0.234 e. The number of rotatable bonds is 2. The fourth-order valence-electron chi connectivity index (χ4n) is 1.41. The fraction of sp³-hybridized carbons (Fsp3) is 0.900. The van der Waals surface area contributed by atoms with Crippen molar-refractivity contribution in [3.05, 3.63) is 0 Å². The summed E-state index contributed by atoms with van der Waals surface area (Å²) in [5, 5.41) is 0. The van der Waals surface area contributed by atoms with Crippen molar-refractivity contribution in [3.63, 3.8) is 0 Å². The van der Waals surface area contributed by atoms with Gasteiger partial charge < -0.3 is 0 Å². The highest BCUT2D eigenvalue weighted by Crippen LogP contribution is 2.23. The molecule has 0 aliphatic heterocycles. The van der Waals surface area contributed by atoms with Gasteiger partial charge in [-0.15, -0.1) is 0 Å².